The molecular weight excluding hydrogens is 200 g/mol. The van der Waals surface area contributed by atoms with Gasteiger partial charge in [-0.15, -0.1) is 0 Å². The fraction of sp³-hybridized carbons (Fsp3) is 0.538. The fourth-order valence-corrected chi connectivity index (χ4v) is 1.61. The van der Waals surface area contributed by atoms with Gasteiger partial charge in [0.25, 0.3) is 0 Å². The fourth-order valence-electron chi connectivity index (χ4n) is 1.61. The smallest absolute Gasteiger partial charge is 0.0839 e. The van der Waals surface area contributed by atoms with E-state index < -0.39 is 0 Å². The first kappa shape index (κ1) is 13.0. The van der Waals surface area contributed by atoms with Gasteiger partial charge in [-0.3, -0.25) is 0 Å². The second-order valence-electron chi connectivity index (χ2n) is 4.07. The quantitative estimate of drug-likeness (QED) is 0.686. The third-order valence-electron chi connectivity index (χ3n) is 2.49. The normalized spacial score (nSPS) is 12.4. The van der Waals surface area contributed by atoms with Crippen LogP contribution in [0, 0.1) is 0 Å². The van der Waals surface area contributed by atoms with Gasteiger partial charge in [-0.2, -0.15) is 0 Å². The molecule has 0 fully saturated rings. The van der Waals surface area contributed by atoms with Gasteiger partial charge in [-0.1, -0.05) is 25.1 Å². The van der Waals surface area contributed by atoms with Crippen molar-refractivity contribution in [1.29, 1.82) is 0 Å². The molecule has 90 valence electrons. The zero-order valence-corrected chi connectivity index (χ0v) is 10.2. The summed E-state index contributed by atoms with van der Waals surface area (Å²) in [5, 5.41) is 13.0. The molecule has 0 radical (unpaired) electrons. The van der Waals surface area contributed by atoms with Gasteiger partial charge in [-0.25, -0.2) is 0 Å². The summed E-state index contributed by atoms with van der Waals surface area (Å²) < 4.78 is 0. The van der Waals surface area contributed by atoms with E-state index in [0.29, 0.717) is 13.1 Å². The number of anilines is 1. The highest BCUT2D eigenvalue weighted by atomic mass is 16.3. The van der Waals surface area contributed by atoms with E-state index in [-0.39, 0.29) is 6.10 Å². The number of rotatable bonds is 7. The molecule has 3 heteroatoms. The monoisotopic (exact) mass is 222 g/mol. The maximum Gasteiger partial charge on any atom is 0.0839 e. The number of para-hydroxylation sites is 1. The summed E-state index contributed by atoms with van der Waals surface area (Å²) in [4.78, 5) is 2.07. The van der Waals surface area contributed by atoms with Crippen LogP contribution in [0.3, 0.4) is 0 Å². The molecule has 16 heavy (non-hydrogen) atoms. The predicted molar refractivity (Wildman–Crippen MR) is 68.9 cm³/mol. The van der Waals surface area contributed by atoms with Gasteiger partial charge in [0.2, 0.25) is 0 Å². The Balaban J connectivity index is 2.31. The summed E-state index contributed by atoms with van der Waals surface area (Å²) in [6.45, 7) is 4.40. The molecule has 0 heterocycles. The second kappa shape index (κ2) is 7.25. The largest absolute Gasteiger partial charge is 0.390 e. The Morgan fingerprint density at radius 2 is 2.00 bits per heavy atom. The molecule has 0 aliphatic carbocycles. The lowest BCUT2D eigenvalue weighted by Gasteiger charge is -2.22. The summed E-state index contributed by atoms with van der Waals surface area (Å²) in [6, 6.07) is 10.1. The van der Waals surface area contributed by atoms with Gasteiger partial charge in [0.05, 0.1) is 6.10 Å². The minimum Gasteiger partial charge on any atom is -0.390 e. The van der Waals surface area contributed by atoms with E-state index in [1.165, 1.54) is 0 Å². The predicted octanol–water partition coefficient (Wildman–Crippen LogP) is 1.48. The van der Waals surface area contributed by atoms with Gasteiger partial charge in [0.15, 0.2) is 0 Å². The molecule has 2 N–H and O–H groups in total. The van der Waals surface area contributed by atoms with E-state index in [9.17, 15) is 5.11 Å². The topological polar surface area (TPSA) is 35.5 Å². The van der Waals surface area contributed by atoms with Crippen LogP contribution in [0.2, 0.25) is 0 Å². The standard InChI is InChI=1S/C13H22N2O/c1-3-9-14-10-13(16)11-15(2)12-7-5-4-6-8-12/h4-8,13-14,16H,3,9-11H2,1-2H3. The lowest BCUT2D eigenvalue weighted by molar-refractivity contribution is 0.178. The van der Waals surface area contributed by atoms with Crippen LogP contribution in [0.4, 0.5) is 5.69 Å². The second-order valence-corrected chi connectivity index (χ2v) is 4.07. The first-order valence-electron chi connectivity index (χ1n) is 5.89. The molecule has 1 rings (SSSR count). The van der Waals surface area contributed by atoms with E-state index in [0.717, 1.165) is 18.7 Å². The zero-order valence-electron chi connectivity index (χ0n) is 10.2. The third kappa shape index (κ3) is 4.64. The van der Waals surface area contributed by atoms with Gasteiger partial charge < -0.3 is 15.3 Å². The number of benzene rings is 1. The molecule has 0 saturated heterocycles. The molecule has 0 aliphatic rings. The average molecular weight is 222 g/mol. The Morgan fingerprint density at radius 1 is 1.31 bits per heavy atom. The van der Waals surface area contributed by atoms with Gasteiger partial charge in [0, 0.05) is 25.8 Å². The van der Waals surface area contributed by atoms with E-state index in [1.807, 2.05) is 37.4 Å². The van der Waals surface area contributed by atoms with Crippen LogP contribution in [0.1, 0.15) is 13.3 Å². The molecule has 1 atom stereocenters. The molecule has 1 unspecified atom stereocenters. The van der Waals surface area contributed by atoms with Crippen molar-refractivity contribution in [3.8, 4) is 0 Å². The van der Waals surface area contributed by atoms with Crippen LogP contribution in [0.25, 0.3) is 0 Å². The van der Waals surface area contributed by atoms with Crippen molar-refractivity contribution in [1.82, 2.24) is 5.32 Å². The van der Waals surface area contributed by atoms with Crippen LogP contribution < -0.4 is 10.2 Å². The van der Waals surface area contributed by atoms with Gasteiger partial charge >= 0.3 is 0 Å². The van der Waals surface area contributed by atoms with E-state index >= 15 is 0 Å². The minimum atomic E-state index is -0.322. The Kier molecular flexibility index (Phi) is 5.90. The number of hydrogen-bond acceptors (Lipinski definition) is 3. The third-order valence-corrected chi connectivity index (χ3v) is 2.49. The van der Waals surface area contributed by atoms with Crippen LogP contribution >= 0.6 is 0 Å². The van der Waals surface area contributed by atoms with Crippen LogP contribution in [-0.2, 0) is 0 Å². The highest BCUT2D eigenvalue weighted by molar-refractivity contribution is 5.45. The first-order valence-corrected chi connectivity index (χ1v) is 5.89. The van der Waals surface area contributed by atoms with Crippen LogP contribution in [0.15, 0.2) is 30.3 Å². The summed E-state index contributed by atoms with van der Waals surface area (Å²) in [7, 11) is 2.00. The number of aliphatic hydroxyl groups is 1. The Hall–Kier alpha value is -1.06. The summed E-state index contributed by atoms with van der Waals surface area (Å²) in [6.07, 6.45) is 0.776. The number of aliphatic hydroxyl groups excluding tert-OH is 1. The summed E-state index contributed by atoms with van der Waals surface area (Å²) in [5.74, 6) is 0. The molecule has 1 aromatic rings. The van der Waals surface area contributed by atoms with Crippen molar-refractivity contribution in [3.63, 3.8) is 0 Å². The van der Waals surface area contributed by atoms with Crippen molar-refractivity contribution in [2.75, 3.05) is 31.6 Å². The highest BCUT2D eigenvalue weighted by Gasteiger charge is 2.07. The molecule has 1 aromatic carbocycles. The number of nitrogens with zero attached hydrogens (tertiary/aromatic N) is 1. The lowest BCUT2D eigenvalue weighted by atomic mass is 10.2. The van der Waals surface area contributed by atoms with Gasteiger partial charge in [-0.05, 0) is 25.1 Å². The maximum atomic E-state index is 9.80. The van der Waals surface area contributed by atoms with Crippen molar-refractivity contribution < 1.29 is 5.11 Å². The average Bonchev–Trinajstić information content (AvgIpc) is 2.30. The lowest BCUT2D eigenvalue weighted by Crippen LogP contribution is -2.36. The van der Waals surface area contributed by atoms with Gasteiger partial charge in [0.1, 0.15) is 0 Å². The molecule has 0 aromatic heterocycles. The molecule has 0 amide bonds. The molecule has 0 aliphatic heterocycles. The van der Waals surface area contributed by atoms with Crippen molar-refractivity contribution in [2.45, 2.75) is 19.4 Å². The summed E-state index contributed by atoms with van der Waals surface area (Å²) in [5.41, 5.74) is 1.14. The molecular formula is C13H22N2O. The van der Waals surface area contributed by atoms with Crippen LogP contribution in [0.5, 0.6) is 0 Å². The Morgan fingerprint density at radius 3 is 2.62 bits per heavy atom. The molecule has 0 spiro atoms. The zero-order chi connectivity index (χ0) is 11.8. The number of likely N-dealkylation sites (N-methyl/N-ethyl adjacent to an activating group) is 1. The number of nitrogens with one attached hydrogen (secondary N) is 1. The molecule has 3 nitrogen and oxygen atoms in total. The SMILES string of the molecule is CCCNCC(O)CN(C)c1ccccc1. The first-order chi connectivity index (χ1) is 7.74. The molecule has 0 bridgehead atoms. The minimum absolute atomic E-state index is 0.322. The Bertz CT molecular complexity index is 277. The number of hydrogen-bond donors (Lipinski definition) is 2. The summed E-state index contributed by atoms with van der Waals surface area (Å²) >= 11 is 0. The van der Waals surface area contributed by atoms with Crippen LogP contribution in [-0.4, -0.2) is 37.9 Å². The Labute approximate surface area is 98.1 Å². The van der Waals surface area contributed by atoms with Crippen molar-refractivity contribution in [3.05, 3.63) is 30.3 Å². The molecule has 0 saturated carbocycles. The van der Waals surface area contributed by atoms with E-state index in [4.69, 9.17) is 0 Å². The highest BCUT2D eigenvalue weighted by Crippen LogP contribution is 2.10. The maximum absolute atomic E-state index is 9.80. The van der Waals surface area contributed by atoms with E-state index in [1.54, 1.807) is 0 Å². The van der Waals surface area contributed by atoms with E-state index in [2.05, 4.69) is 17.1 Å². The van der Waals surface area contributed by atoms with Crippen molar-refractivity contribution >= 4 is 5.69 Å². The van der Waals surface area contributed by atoms with Crippen molar-refractivity contribution in [2.24, 2.45) is 0 Å².